The second-order valence-electron chi connectivity index (χ2n) is 5.81. The summed E-state index contributed by atoms with van der Waals surface area (Å²) in [5.74, 6) is 0.361. The highest BCUT2D eigenvalue weighted by atomic mass is 16.5. The lowest BCUT2D eigenvalue weighted by Gasteiger charge is -2.11. The normalized spacial score (nSPS) is 10.2. The maximum Gasteiger partial charge on any atom is 0.274 e. The van der Waals surface area contributed by atoms with Gasteiger partial charge in [-0.3, -0.25) is 4.79 Å². The molecule has 0 aliphatic rings. The van der Waals surface area contributed by atoms with Gasteiger partial charge in [-0.15, -0.1) is 0 Å². The number of amides is 1. The lowest BCUT2D eigenvalue weighted by molar-refractivity contribution is 0.102. The van der Waals surface area contributed by atoms with Crippen LogP contribution in [0.15, 0.2) is 66.9 Å². The van der Waals surface area contributed by atoms with Crippen molar-refractivity contribution in [3.05, 3.63) is 78.1 Å². The number of nitrogens with one attached hydrogen (secondary N) is 2. The van der Waals surface area contributed by atoms with E-state index in [4.69, 9.17) is 4.74 Å². The van der Waals surface area contributed by atoms with Gasteiger partial charge in [-0.1, -0.05) is 24.3 Å². The molecule has 3 rings (SSSR count). The van der Waals surface area contributed by atoms with Gasteiger partial charge in [0.15, 0.2) is 0 Å². The molecule has 2 aromatic carbocycles. The number of hydrogen-bond acceptors (Lipinski definition) is 4. The molecule has 0 bridgehead atoms. The van der Waals surface area contributed by atoms with E-state index in [0.717, 1.165) is 11.4 Å². The number of ether oxygens (including phenoxy) is 1. The van der Waals surface area contributed by atoms with E-state index in [2.05, 4.69) is 15.6 Å². The summed E-state index contributed by atoms with van der Waals surface area (Å²) in [6.45, 7) is 4.47. The van der Waals surface area contributed by atoms with Crippen LogP contribution < -0.4 is 15.4 Å². The predicted molar refractivity (Wildman–Crippen MR) is 104 cm³/mol. The Labute approximate surface area is 153 Å². The molecular formula is C21H21N3O2. The first-order valence-corrected chi connectivity index (χ1v) is 8.48. The molecule has 1 heterocycles. The van der Waals surface area contributed by atoms with Gasteiger partial charge in [-0.2, -0.15) is 0 Å². The minimum atomic E-state index is -0.278. The highest BCUT2D eigenvalue weighted by Gasteiger charge is 2.11. The molecule has 5 nitrogen and oxygen atoms in total. The van der Waals surface area contributed by atoms with Crippen LogP contribution >= 0.6 is 0 Å². The van der Waals surface area contributed by atoms with Gasteiger partial charge in [0.1, 0.15) is 11.4 Å². The number of para-hydroxylation sites is 2. The molecule has 132 valence electrons. The standard InChI is InChI=1S/C21H21N3O2/c1-3-26-20-10-5-4-9-18(20)24-21(25)19-12-11-17(14-22-19)23-16-8-6-7-15(2)13-16/h4-14,23H,3H2,1-2H3,(H,24,25). The molecule has 0 atom stereocenters. The molecule has 0 fully saturated rings. The van der Waals surface area contributed by atoms with Gasteiger partial charge in [0.2, 0.25) is 0 Å². The maximum absolute atomic E-state index is 12.4. The highest BCUT2D eigenvalue weighted by molar-refractivity contribution is 6.03. The molecule has 0 radical (unpaired) electrons. The van der Waals surface area contributed by atoms with Crippen molar-refractivity contribution in [3.63, 3.8) is 0 Å². The fraction of sp³-hybridized carbons (Fsp3) is 0.143. The van der Waals surface area contributed by atoms with Crippen molar-refractivity contribution < 1.29 is 9.53 Å². The first kappa shape index (κ1) is 17.5. The monoisotopic (exact) mass is 347 g/mol. The van der Waals surface area contributed by atoms with Crippen LogP contribution in [-0.2, 0) is 0 Å². The van der Waals surface area contributed by atoms with Crippen LogP contribution in [0.25, 0.3) is 0 Å². The summed E-state index contributed by atoms with van der Waals surface area (Å²) in [5, 5.41) is 6.11. The molecule has 5 heteroatoms. The predicted octanol–water partition coefficient (Wildman–Crippen LogP) is 4.78. The summed E-state index contributed by atoms with van der Waals surface area (Å²) in [6.07, 6.45) is 1.64. The minimum absolute atomic E-state index is 0.278. The van der Waals surface area contributed by atoms with Crippen molar-refractivity contribution in [1.82, 2.24) is 4.98 Å². The number of pyridine rings is 1. The first-order valence-electron chi connectivity index (χ1n) is 8.48. The van der Waals surface area contributed by atoms with E-state index >= 15 is 0 Å². The highest BCUT2D eigenvalue weighted by Crippen LogP contribution is 2.24. The molecule has 0 saturated carbocycles. The third-order valence-corrected chi connectivity index (χ3v) is 3.74. The fourth-order valence-corrected chi connectivity index (χ4v) is 2.53. The zero-order valence-electron chi connectivity index (χ0n) is 14.8. The number of aromatic nitrogens is 1. The van der Waals surface area contributed by atoms with Gasteiger partial charge < -0.3 is 15.4 Å². The Hall–Kier alpha value is -3.34. The molecule has 0 saturated heterocycles. The molecule has 2 N–H and O–H groups in total. The summed E-state index contributed by atoms with van der Waals surface area (Å²) >= 11 is 0. The molecule has 1 aromatic heterocycles. The smallest absolute Gasteiger partial charge is 0.274 e. The van der Waals surface area contributed by atoms with Crippen LogP contribution in [0.1, 0.15) is 23.0 Å². The van der Waals surface area contributed by atoms with E-state index in [9.17, 15) is 4.79 Å². The Kier molecular flexibility index (Phi) is 5.49. The zero-order chi connectivity index (χ0) is 18.4. The third kappa shape index (κ3) is 4.39. The Balaban J connectivity index is 1.69. The van der Waals surface area contributed by atoms with Crippen molar-refractivity contribution in [2.75, 3.05) is 17.2 Å². The summed E-state index contributed by atoms with van der Waals surface area (Å²) in [6, 6.07) is 18.9. The van der Waals surface area contributed by atoms with Crippen molar-refractivity contribution in [1.29, 1.82) is 0 Å². The van der Waals surface area contributed by atoms with Crippen LogP contribution in [-0.4, -0.2) is 17.5 Å². The SMILES string of the molecule is CCOc1ccccc1NC(=O)c1ccc(Nc2cccc(C)c2)cn1. The lowest BCUT2D eigenvalue weighted by Crippen LogP contribution is -2.14. The van der Waals surface area contributed by atoms with Crippen LogP contribution in [0, 0.1) is 6.92 Å². The number of nitrogens with zero attached hydrogens (tertiary/aromatic N) is 1. The zero-order valence-corrected chi connectivity index (χ0v) is 14.8. The Morgan fingerprint density at radius 3 is 2.62 bits per heavy atom. The average Bonchev–Trinajstić information content (AvgIpc) is 2.64. The lowest BCUT2D eigenvalue weighted by atomic mass is 10.2. The van der Waals surface area contributed by atoms with Crippen LogP contribution in [0.5, 0.6) is 5.75 Å². The first-order chi connectivity index (χ1) is 12.7. The van der Waals surface area contributed by atoms with Gasteiger partial charge in [-0.05, 0) is 55.8 Å². The van der Waals surface area contributed by atoms with Gasteiger partial charge in [0.25, 0.3) is 5.91 Å². The summed E-state index contributed by atoms with van der Waals surface area (Å²) in [5.41, 5.74) is 3.94. The van der Waals surface area contributed by atoms with Crippen LogP contribution in [0.4, 0.5) is 17.1 Å². The number of carbonyl (C=O) groups excluding carboxylic acids is 1. The van der Waals surface area contributed by atoms with Gasteiger partial charge in [-0.25, -0.2) is 4.98 Å². The van der Waals surface area contributed by atoms with E-state index in [1.165, 1.54) is 5.56 Å². The Morgan fingerprint density at radius 1 is 1.04 bits per heavy atom. The Morgan fingerprint density at radius 2 is 1.88 bits per heavy atom. The van der Waals surface area contributed by atoms with Crippen molar-refractivity contribution in [2.45, 2.75) is 13.8 Å². The fourth-order valence-electron chi connectivity index (χ4n) is 2.53. The Bertz CT molecular complexity index is 892. The van der Waals surface area contributed by atoms with Crippen LogP contribution in [0.2, 0.25) is 0 Å². The molecule has 26 heavy (non-hydrogen) atoms. The molecule has 0 aliphatic heterocycles. The topological polar surface area (TPSA) is 63.2 Å². The number of anilines is 3. The molecule has 0 spiro atoms. The molecule has 1 amide bonds. The molecule has 0 aliphatic carbocycles. The quantitative estimate of drug-likeness (QED) is 0.673. The molecule has 3 aromatic rings. The van der Waals surface area contributed by atoms with Crippen LogP contribution in [0.3, 0.4) is 0 Å². The number of carbonyl (C=O) groups is 1. The average molecular weight is 347 g/mol. The number of hydrogen-bond donors (Lipinski definition) is 2. The van der Waals surface area contributed by atoms with E-state index < -0.39 is 0 Å². The number of benzene rings is 2. The van der Waals surface area contributed by atoms with Crippen molar-refractivity contribution in [2.24, 2.45) is 0 Å². The number of rotatable bonds is 6. The summed E-state index contributed by atoms with van der Waals surface area (Å²) in [4.78, 5) is 16.7. The van der Waals surface area contributed by atoms with Gasteiger partial charge in [0.05, 0.1) is 24.2 Å². The minimum Gasteiger partial charge on any atom is -0.492 e. The van der Waals surface area contributed by atoms with Crippen molar-refractivity contribution in [3.8, 4) is 5.75 Å². The van der Waals surface area contributed by atoms with E-state index in [-0.39, 0.29) is 5.91 Å². The second-order valence-corrected chi connectivity index (χ2v) is 5.81. The summed E-state index contributed by atoms with van der Waals surface area (Å²) in [7, 11) is 0. The summed E-state index contributed by atoms with van der Waals surface area (Å²) < 4.78 is 5.52. The van der Waals surface area contributed by atoms with E-state index in [1.54, 1.807) is 18.3 Å². The van der Waals surface area contributed by atoms with Crippen molar-refractivity contribution >= 4 is 23.0 Å². The molecule has 0 unspecified atom stereocenters. The van der Waals surface area contributed by atoms with E-state index in [0.29, 0.717) is 23.7 Å². The van der Waals surface area contributed by atoms with Gasteiger partial charge in [0, 0.05) is 5.69 Å². The largest absolute Gasteiger partial charge is 0.492 e. The molecular weight excluding hydrogens is 326 g/mol. The van der Waals surface area contributed by atoms with Gasteiger partial charge >= 0.3 is 0 Å². The third-order valence-electron chi connectivity index (χ3n) is 3.74. The van der Waals surface area contributed by atoms with E-state index in [1.807, 2.05) is 62.4 Å². The maximum atomic E-state index is 12.4. The second kappa shape index (κ2) is 8.16. The number of aryl methyl sites for hydroxylation is 1.